The quantitative estimate of drug-likeness (QED) is 0.177. The summed E-state index contributed by atoms with van der Waals surface area (Å²) in [6.45, 7) is 0. The van der Waals surface area contributed by atoms with Crippen LogP contribution < -0.4 is 16.1 Å². The third kappa shape index (κ3) is 5.76. The topological polar surface area (TPSA) is 150 Å². The van der Waals surface area contributed by atoms with Gasteiger partial charge in [-0.15, -0.1) is 0 Å². The van der Waals surface area contributed by atoms with Crippen molar-refractivity contribution in [2.75, 3.05) is 16.1 Å². The normalized spacial score (nSPS) is 10.7. The van der Waals surface area contributed by atoms with Gasteiger partial charge in [-0.1, -0.05) is 36.4 Å². The van der Waals surface area contributed by atoms with E-state index in [2.05, 4.69) is 36.1 Å². The molecule has 0 radical (unpaired) electrons. The van der Waals surface area contributed by atoms with E-state index in [0.717, 1.165) is 11.4 Å². The monoisotopic (exact) mass is 442 g/mol. The maximum absolute atomic E-state index is 11.0. The van der Waals surface area contributed by atoms with Crippen LogP contribution in [-0.2, 0) is 0 Å². The Morgan fingerprint density at radius 2 is 1.36 bits per heavy atom. The number of hydrazone groups is 1. The smallest absolute Gasteiger partial charge is 0.311 e. The molecule has 164 valence electrons. The molecule has 3 aromatic carbocycles. The van der Waals surface area contributed by atoms with Crippen LogP contribution in [-0.4, -0.2) is 31.2 Å². The van der Waals surface area contributed by atoms with Crippen LogP contribution in [0.1, 0.15) is 5.56 Å². The van der Waals surface area contributed by atoms with E-state index in [1.54, 1.807) is 0 Å². The molecule has 11 nitrogen and oxygen atoms in total. The summed E-state index contributed by atoms with van der Waals surface area (Å²) >= 11 is 0. The number of aromatic hydroxyl groups is 1. The van der Waals surface area contributed by atoms with E-state index in [-0.39, 0.29) is 17.8 Å². The molecule has 0 unspecified atom stereocenters. The molecule has 1 aromatic heterocycles. The summed E-state index contributed by atoms with van der Waals surface area (Å²) in [6.07, 6.45) is 1.35. The molecule has 33 heavy (non-hydrogen) atoms. The largest absolute Gasteiger partial charge is 0.502 e. The number of nitrogens with one attached hydrogen (secondary N) is 3. The van der Waals surface area contributed by atoms with Crippen molar-refractivity contribution in [1.29, 1.82) is 0 Å². The van der Waals surface area contributed by atoms with E-state index in [0.29, 0.717) is 5.56 Å². The lowest BCUT2D eigenvalue weighted by Crippen LogP contribution is -2.07. The van der Waals surface area contributed by atoms with Crippen LogP contribution in [0.2, 0.25) is 0 Å². The summed E-state index contributed by atoms with van der Waals surface area (Å²) in [4.78, 5) is 23.3. The number of hydrogen-bond donors (Lipinski definition) is 4. The van der Waals surface area contributed by atoms with Gasteiger partial charge in [0.15, 0.2) is 5.75 Å². The first-order chi connectivity index (χ1) is 16.1. The van der Waals surface area contributed by atoms with Crippen LogP contribution in [0.4, 0.5) is 34.9 Å². The Morgan fingerprint density at radius 3 is 1.91 bits per heavy atom. The summed E-state index contributed by atoms with van der Waals surface area (Å²) in [6, 6.07) is 22.7. The van der Waals surface area contributed by atoms with Gasteiger partial charge < -0.3 is 15.7 Å². The molecule has 0 fully saturated rings. The molecule has 4 aromatic rings. The van der Waals surface area contributed by atoms with Gasteiger partial charge in [0.25, 0.3) is 0 Å². The van der Waals surface area contributed by atoms with Crippen molar-refractivity contribution in [2.24, 2.45) is 5.10 Å². The third-order valence-electron chi connectivity index (χ3n) is 4.27. The van der Waals surface area contributed by atoms with Gasteiger partial charge in [-0.3, -0.25) is 10.1 Å². The number of nitrogens with zero attached hydrogens (tertiary/aromatic N) is 5. The number of aromatic nitrogens is 3. The Hall–Kier alpha value is -5.06. The first kappa shape index (κ1) is 21.2. The highest BCUT2D eigenvalue weighted by molar-refractivity contribution is 5.82. The molecular weight excluding hydrogens is 424 g/mol. The Labute approximate surface area is 188 Å². The number of hydrogen-bond acceptors (Lipinski definition) is 10. The second kappa shape index (κ2) is 9.83. The lowest BCUT2D eigenvalue weighted by atomic mass is 10.2. The van der Waals surface area contributed by atoms with Crippen LogP contribution in [0, 0.1) is 10.1 Å². The van der Waals surface area contributed by atoms with E-state index in [1.807, 2.05) is 60.7 Å². The van der Waals surface area contributed by atoms with E-state index in [9.17, 15) is 15.2 Å². The highest BCUT2D eigenvalue weighted by Gasteiger charge is 2.13. The van der Waals surface area contributed by atoms with Gasteiger partial charge in [0.2, 0.25) is 17.8 Å². The van der Waals surface area contributed by atoms with Crippen molar-refractivity contribution >= 4 is 41.1 Å². The SMILES string of the molecule is O=[N+]([O-])c1cc(/C=N/Nc2nc(Nc3ccccc3)nc(Nc3ccccc3)n2)ccc1O. The summed E-state index contributed by atoms with van der Waals surface area (Å²) in [5, 5.41) is 30.8. The predicted molar refractivity (Wildman–Crippen MR) is 125 cm³/mol. The maximum Gasteiger partial charge on any atom is 0.311 e. The molecule has 11 heteroatoms. The van der Waals surface area contributed by atoms with Crippen molar-refractivity contribution in [3.05, 3.63) is 94.5 Å². The van der Waals surface area contributed by atoms with Gasteiger partial charge in [-0.25, -0.2) is 5.43 Å². The molecule has 1 heterocycles. The lowest BCUT2D eigenvalue weighted by Gasteiger charge is -2.10. The zero-order chi connectivity index (χ0) is 23.0. The first-order valence-corrected chi connectivity index (χ1v) is 9.73. The van der Waals surface area contributed by atoms with Crippen LogP contribution in [0.15, 0.2) is 84.0 Å². The summed E-state index contributed by atoms with van der Waals surface area (Å²) in [5.41, 5.74) is 4.28. The number of nitro groups is 1. The molecule has 0 bridgehead atoms. The number of para-hydroxylation sites is 2. The number of phenols is 1. The standard InChI is InChI=1S/C22H18N8O3/c31-19-12-11-15(13-18(19)30(32)33)14-23-29-22-27-20(24-16-7-3-1-4-8-16)26-21(28-22)25-17-9-5-2-6-10-17/h1-14,31H,(H3,24,25,26,27,28,29)/b23-14+. The fourth-order valence-corrected chi connectivity index (χ4v) is 2.77. The Balaban J connectivity index is 1.57. The van der Waals surface area contributed by atoms with E-state index in [1.165, 1.54) is 24.4 Å². The molecule has 0 aliphatic rings. The number of rotatable bonds is 8. The molecule has 0 saturated heterocycles. The second-order valence-electron chi connectivity index (χ2n) is 6.66. The molecule has 0 amide bonds. The number of anilines is 5. The van der Waals surface area contributed by atoms with E-state index >= 15 is 0 Å². The number of nitro benzene ring substituents is 1. The van der Waals surface area contributed by atoms with Gasteiger partial charge in [0, 0.05) is 23.0 Å². The maximum atomic E-state index is 11.0. The number of benzene rings is 3. The zero-order valence-electron chi connectivity index (χ0n) is 17.1. The second-order valence-corrected chi connectivity index (χ2v) is 6.66. The van der Waals surface area contributed by atoms with Crippen LogP contribution in [0.5, 0.6) is 5.75 Å². The highest BCUT2D eigenvalue weighted by Crippen LogP contribution is 2.25. The highest BCUT2D eigenvalue weighted by atomic mass is 16.6. The summed E-state index contributed by atoms with van der Waals surface area (Å²) in [7, 11) is 0. The molecule has 4 N–H and O–H groups in total. The molecule has 4 rings (SSSR count). The van der Waals surface area contributed by atoms with Crippen molar-refractivity contribution in [3.63, 3.8) is 0 Å². The number of phenolic OH excluding ortho intramolecular Hbond substituents is 1. The zero-order valence-corrected chi connectivity index (χ0v) is 17.1. The van der Waals surface area contributed by atoms with Gasteiger partial charge >= 0.3 is 5.69 Å². The van der Waals surface area contributed by atoms with Crippen molar-refractivity contribution < 1.29 is 10.0 Å². The van der Waals surface area contributed by atoms with Crippen molar-refractivity contribution in [1.82, 2.24) is 15.0 Å². The fourth-order valence-electron chi connectivity index (χ4n) is 2.77. The Bertz CT molecular complexity index is 1220. The Kier molecular flexibility index (Phi) is 6.31. The van der Waals surface area contributed by atoms with Crippen LogP contribution in [0.25, 0.3) is 0 Å². The first-order valence-electron chi connectivity index (χ1n) is 9.73. The van der Waals surface area contributed by atoms with Gasteiger partial charge in [0.1, 0.15) is 0 Å². The minimum absolute atomic E-state index is 0.145. The average Bonchev–Trinajstić information content (AvgIpc) is 2.81. The molecule has 0 saturated carbocycles. The molecular formula is C22H18N8O3. The van der Waals surface area contributed by atoms with Crippen molar-refractivity contribution in [2.45, 2.75) is 0 Å². The van der Waals surface area contributed by atoms with Gasteiger partial charge in [-0.05, 0) is 36.4 Å². The van der Waals surface area contributed by atoms with Crippen molar-refractivity contribution in [3.8, 4) is 5.75 Å². The minimum Gasteiger partial charge on any atom is -0.502 e. The van der Waals surface area contributed by atoms with Crippen LogP contribution >= 0.6 is 0 Å². The average molecular weight is 442 g/mol. The van der Waals surface area contributed by atoms with Crippen LogP contribution in [0.3, 0.4) is 0 Å². The van der Waals surface area contributed by atoms with Gasteiger partial charge in [0.05, 0.1) is 11.1 Å². The minimum atomic E-state index is -0.671. The Morgan fingerprint density at radius 1 is 0.818 bits per heavy atom. The van der Waals surface area contributed by atoms with E-state index < -0.39 is 16.4 Å². The molecule has 0 aliphatic carbocycles. The molecule has 0 atom stereocenters. The summed E-state index contributed by atoms with van der Waals surface area (Å²) in [5.74, 6) is 0.294. The third-order valence-corrected chi connectivity index (χ3v) is 4.27. The van der Waals surface area contributed by atoms with Gasteiger partial charge in [-0.2, -0.15) is 20.1 Å². The molecule has 0 aliphatic heterocycles. The van der Waals surface area contributed by atoms with E-state index in [4.69, 9.17) is 0 Å². The fraction of sp³-hybridized carbons (Fsp3) is 0. The predicted octanol–water partition coefficient (Wildman–Crippen LogP) is 4.42. The lowest BCUT2D eigenvalue weighted by molar-refractivity contribution is -0.385. The summed E-state index contributed by atoms with van der Waals surface area (Å²) < 4.78 is 0. The molecule has 0 spiro atoms.